The minimum absolute atomic E-state index is 0. The van der Waals surface area contributed by atoms with Gasteiger partial charge in [-0.05, 0) is 55.9 Å². The molecule has 0 saturated carbocycles. The maximum Gasteiger partial charge on any atom is 1.00 e. The Morgan fingerprint density at radius 1 is 0.257 bits per heavy atom. The quantitative estimate of drug-likeness (QED) is 0.204. The molecule has 0 aliphatic rings. The van der Waals surface area contributed by atoms with Gasteiger partial charge in [-0.15, -0.1) is 45.3 Å². The molecule has 0 unspecified atom stereocenters. The number of rotatable bonds is 0. The van der Waals surface area contributed by atoms with Crippen LogP contribution in [0.25, 0.3) is 0 Å². The summed E-state index contributed by atoms with van der Waals surface area (Å²) in [6.45, 7) is 0. The van der Waals surface area contributed by atoms with Crippen molar-refractivity contribution >= 4 is 101 Å². The van der Waals surface area contributed by atoms with Crippen molar-refractivity contribution in [1.29, 1.82) is 0 Å². The summed E-state index contributed by atoms with van der Waals surface area (Å²) in [5, 5.41) is 0. The van der Waals surface area contributed by atoms with Crippen LogP contribution in [0.3, 0.4) is 0 Å². The molecule has 0 fully saturated rings. The molecule has 0 radical (unpaired) electrons. The monoisotopic (exact) mass is 949 g/mol. The van der Waals surface area contributed by atoms with E-state index in [0.29, 0.717) is 0 Å². The van der Waals surface area contributed by atoms with E-state index in [9.17, 15) is 0 Å². The molecular formula is K10O15S10. The van der Waals surface area contributed by atoms with Crippen LogP contribution < -0.4 is 514 Å². The van der Waals surface area contributed by atoms with Gasteiger partial charge in [0, 0.05) is 0 Å². The Morgan fingerprint density at radius 3 is 0.257 bits per heavy atom. The van der Waals surface area contributed by atoms with Gasteiger partial charge < -0.3 is 45.5 Å². The zero-order valence-electron chi connectivity index (χ0n) is 20.2. The van der Waals surface area contributed by atoms with Crippen molar-refractivity contribution in [1.82, 2.24) is 0 Å². The van der Waals surface area contributed by atoms with Crippen molar-refractivity contribution < 1.29 is 580 Å². The van der Waals surface area contributed by atoms with E-state index in [1.165, 1.54) is 0 Å². The average Bonchev–Trinajstić information content (AvgIpc) is 1.79. The topological polar surface area (TPSA) is 316 Å². The molecule has 15 nitrogen and oxygen atoms in total. The molecule has 0 saturated heterocycles. The van der Waals surface area contributed by atoms with E-state index in [2.05, 4.69) is 55.9 Å². The van der Waals surface area contributed by atoms with Crippen LogP contribution in [0.5, 0.6) is 0 Å². The molecule has 0 aliphatic carbocycles. The van der Waals surface area contributed by atoms with Crippen LogP contribution in [0.1, 0.15) is 0 Å². The van der Waals surface area contributed by atoms with Crippen LogP contribution in [0, 0.1) is 0 Å². The van der Waals surface area contributed by atoms with E-state index in [4.69, 9.17) is 66.6 Å². The molecule has 0 heterocycles. The zero-order valence-corrected chi connectivity index (χ0v) is 59.6. The van der Waals surface area contributed by atoms with Crippen molar-refractivity contribution in [2.45, 2.75) is 0 Å². The first-order valence-corrected chi connectivity index (χ1v) is 15.0. The van der Waals surface area contributed by atoms with Gasteiger partial charge in [0.2, 0.25) is 0 Å². The van der Waals surface area contributed by atoms with Crippen LogP contribution >= 0.6 is 0 Å². The van der Waals surface area contributed by atoms with Crippen molar-refractivity contribution in [3.63, 3.8) is 0 Å². The summed E-state index contributed by atoms with van der Waals surface area (Å²) in [7, 11) is -21.7. The molecular weight excluding hydrogens is 952 g/mol. The first-order chi connectivity index (χ1) is 10.0. The maximum atomic E-state index is 8.89. The van der Waals surface area contributed by atoms with Crippen LogP contribution in [-0.2, 0) is 101 Å². The van der Waals surface area contributed by atoms with Crippen molar-refractivity contribution in [3.8, 4) is 0 Å². The van der Waals surface area contributed by atoms with E-state index in [0.717, 1.165) is 0 Å². The second-order valence-corrected chi connectivity index (χ2v) is 12.2. The fourth-order valence-electron chi connectivity index (χ4n) is 0. The average molecular weight is 952 g/mol. The van der Waals surface area contributed by atoms with Crippen molar-refractivity contribution in [2.24, 2.45) is 0 Å². The Kier molecular flexibility index (Phi) is 166. The first kappa shape index (κ1) is 99.2. The van der Waals surface area contributed by atoms with Gasteiger partial charge in [0.05, 0.1) is 0 Å². The third-order valence-corrected chi connectivity index (χ3v) is 0. The molecule has 0 N–H and O–H groups in total. The maximum absolute atomic E-state index is 8.89. The number of hydrogen-bond donors (Lipinski definition) is 0. The van der Waals surface area contributed by atoms with Crippen LogP contribution in [0.2, 0.25) is 0 Å². The Bertz CT molecular complexity index is 645. The third-order valence-electron chi connectivity index (χ3n) is 0. The zero-order chi connectivity index (χ0) is 22.5. The summed E-state index contributed by atoms with van der Waals surface area (Å²) < 4.78 is 133. The van der Waals surface area contributed by atoms with E-state index >= 15 is 0 Å². The SMILES string of the molecule is O=S([O-])([O-])=S.O=S([O-])([O-])=S.O=S([O-])([O-])=S.O=S([O-])([O-])=S.O=S([O-])([O-])=S.[K+].[K+].[K+].[K+].[K+].[K+].[K+].[K+].[K+].[K+]. The smallest absolute Gasteiger partial charge is 0.780 e. The van der Waals surface area contributed by atoms with Crippen molar-refractivity contribution in [3.05, 3.63) is 0 Å². The molecule has 35 heavy (non-hydrogen) atoms. The summed E-state index contributed by atoms with van der Waals surface area (Å²) in [4.78, 5) is 0. The summed E-state index contributed by atoms with van der Waals surface area (Å²) in [5.74, 6) is 0. The summed E-state index contributed by atoms with van der Waals surface area (Å²) in [5.41, 5.74) is 0. The molecule has 160 valence electrons. The number of hydrogen-bond acceptors (Lipinski definition) is 20. The normalized spacial score (nSPS) is 8.29. The van der Waals surface area contributed by atoms with Gasteiger partial charge in [0.25, 0.3) is 0 Å². The van der Waals surface area contributed by atoms with E-state index < -0.39 is 45.3 Å². The Balaban J connectivity index is -0.0000000103. The van der Waals surface area contributed by atoms with Gasteiger partial charge in [-0.1, -0.05) is 0 Å². The molecule has 0 aromatic heterocycles. The fourth-order valence-corrected chi connectivity index (χ4v) is 0. The Labute approximate surface area is 655 Å². The van der Waals surface area contributed by atoms with Gasteiger partial charge in [0.1, 0.15) is 0 Å². The van der Waals surface area contributed by atoms with E-state index in [-0.39, 0.29) is 514 Å². The first-order valence-electron chi connectivity index (χ1n) is 3.33. The van der Waals surface area contributed by atoms with Crippen LogP contribution in [0.15, 0.2) is 0 Å². The minimum Gasteiger partial charge on any atom is -0.780 e. The summed E-state index contributed by atoms with van der Waals surface area (Å²) in [6, 6.07) is 0. The van der Waals surface area contributed by atoms with Gasteiger partial charge in [-0.2, -0.15) is 0 Å². The predicted molar refractivity (Wildman–Crippen MR) is 85.3 cm³/mol. The Hall–Kier alpha value is 17.8. The summed E-state index contributed by atoms with van der Waals surface area (Å²) in [6.07, 6.45) is 0. The molecule has 0 rings (SSSR count). The van der Waals surface area contributed by atoms with Crippen LogP contribution in [0.4, 0.5) is 0 Å². The second kappa shape index (κ2) is 58.5. The van der Waals surface area contributed by atoms with Crippen LogP contribution in [-0.4, -0.2) is 66.6 Å². The van der Waals surface area contributed by atoms with E-state index in [1.54, 1.807) is 0 Å². The summed E-state index contributed by atoms with van der Waals surface area (Å²) >= 11 is 16.2. The molecule has 0 bridgehead atoms. The third kappa shape index (κ3) is 405. The molecule has 0 amide bonds. The van der Waals surface area contributed by atoms with Gasteiger partial charge in [0.15, 0.2) is 0 Å². The van der Waals surface area contributed by atoms with Gasteiger partial charge in [-0.25, -0.2) is 0 Å². The van der Waals surface area contributed by atoms with Gasteiger partial charge in [-0.3, -0.25) is 21.0 Å². The molecule has 0 spiro atoms. The van der Waals surface area contributed by atoms with Gasteiger partial charge >= 0.3 is 514 Å². The fraction of sp³-hybridized carbons (Fsp3) is 0. The Morgan fingerprint density at radius 2 is 0.257 bits per heavy atom. The molecule has 0 aromatic carbocycles. The molecule has 0 aromatic rings. The standard InChI is InChI=1S/10K.5H2O3S2/c;;;;;;;;;;5*1-5(2,3)4/h;;;;;;;;;;5*(H2,1,2,3,4)/q10*+1;;;;;/p-10. The largest absolute Gasteiger partial charge is 1.00 e. The molecule has 0 atom stereocenters. The molecule has 35 heteroatoms. The molecule has 0 aliphatic heterocycles. The minimum atomic E-state index is -4.33. The predicted octanol–water partition coefficient (Wildman–Crippen LogP) is -35.0. The second-order valence-electron chi connectivity index (χ2n) is 2.04. The van der Waals surface area contributed by atoms with Crippen molar-refractivity contribution in [2.75, 3.05) is 0 Å². The van der Waals surface area contributed by atoms with E-state index in [1.807, 2.05) is 0 Å².